The number of aliphatic hydroxyl groups is 5. The molecule has 0 amide bonds. The van der Waals surface area contributed by atoms with E-state index in [1.165, 1.54) is 0 Å². The van der Waals surface area contributed by atoms with Crippen LogP contribution in [0.1, 0.15) is 5.56 Å². The monoisotopic (exact) mass is 343 g/mol. The number of hydrogen-bond donors (Lipinski definition) is 6. The van der Waals surface area contributed by atoms with Crippen molar-refractivity contribution in [2.45, 2.75) is 43.4 Å². The number of aliphatic hydroxyl groups excluding tert-OH is 5. The van der Waals surface area contributed by atoms with Crippen LogP contribution in [0.2, 0.25) is 0 Å². The molecule has 1 fully saturated rings. The van der Waals surface area contributed by atoms with Crippen molar-refractivity contribution < 1.29 is 35.0 Å². The Morgan fingerprint density at radius 2 is 1.79 bits per heavy atom. The third-order valence-electron chi connectivity index (χ3n) is 3.85. The fraction of sp³-hybridized carbons (Fsp3) is 0.625. The summed E-state index contributed by atoms with van der Waals surface area (Å²) in [6, 6.07) is 9.70. The molecule has 8 heteroatoms. The summed E-state index contributed by atoms with van der Waals surface area (Å²) in [6.45, 7) is 0.209. The Morgan fingerprint density at radius 1 is 1.08 bits per heavy atom. The summed E-state index contributed by atoms with van der Waals surface area (Å²) in [7, 11) is 0. The number of ether oxygens (including phenoxy) is 2. The van der Waals surface area contributed by atoms with E-state index in [-0.39, 0.29) is 13.2 Å². The molecule has 1 aliphatic rings. The maximum atomic E-state index is 9.90. The Balaban J connectivity index is 1.71. The van der Waals surface area contributed by atoms with Gasteiger partial charge in [0.2, 0.25) is 0 Å². The third-order valence-corrected chi connectivity index (χ3v) is 3.85. The zero-order chi connectivity index (χ0) is 17.5. The molecule has 1 aliphatic heterocycles. The summed E-state index contributed by atoms with van der Waals surface area (Å²) < 4.78 is 10.5. The zero-order valence-corrected chi connectivity index (χ0v) is 13.2. The molecule has 2 unspecified atom stereocenters. The van der Waals surface area contributed by atoms with Crippen LogP contribution in [0.5, 0.6) is 0 Å². The van der Waals surface area contributed by atoms with Crippen molar-refractivity contribution in [1.29, 1.82) is 0 Å². The molecule has 136 valence electrons. The molecule has 6 atom stereocenters. The highest BCUT2D eigenvalue weighted by atomic mass is 16.7. The van der Waals surface area contributed by atoms with Gasteiger partial charge in [-0.25, -0.2) is 0 Å². The average molecular weight is 343 g/mol. The van der Waals surface area contributed by atoms with Crippen LogP contribution in [0, 0.1) is 0 Å². The van der Waals surface area contributed by atoms with Crippen molar-refractivity contribution in [3.63, 3.8) is 0 Å². The van der Waals surface area contributed by atoms with Gasteiger partial charge in [-0.05, 0) is 5.56 Å². The van der Waals surface area contributed by atoms with E-state index in [1.54, 1.807) is 0 Å². The normalized spacial score (nSPS) is 31.8. The van der Waals surface area contributed by atoms with Crippen LogP contribution in [0.4, 0.5) is 0 Å². The van der Waals surface area contributed by atoms with Gasteiger partial charge in [0.25, 0.3) is 0 Å². The van der Waals surface area contributed by atoms with Gasteiger partial charge < -0.3 is 40.3 Å². The lowest BCUT2D eigenvalue weighted by Crippen LogP contribution is -2.59. The second-order valence-electron chi connectivity index (χ2n) is 5.80. The van der Waals surface area contributed by atoms with Gasteiger partial charge >= 0.3 is 0 Å². The van der Waals surface area contributed by atoms with E-state index in [0.29, 0.717) is 6.54 Å². The lowest BCUT2D eigenvalue weighted by Gasteiger charge is -2.39. The van der Waals surface area contributed by atoms with Gasteiger partial charge in [0, 0.05) is 13.1 Å². The average Bonchev–Trinajstić information content (AvgIpc) is 2.60. The third kappa shape index (κ3) is 5.20. The van der Waals surface area contributed by atoms with Crippen LogP contribution in [0.15, 0.2) is 30.3 Å². The molecule has 0 bridgehead atoms. The lowest BCUT2D eigenvalue weighted by molar-refractivity contribution is -0.304. The number of nitrogens with one attached hydrogen (secondary N) is 1. The Kier molecular flexibility index (Phi) is 7.53. The van der Waals surface area contributed by atoms with E-state index >= 15 is 0 Å². The fourth-order valence-corrected chi connectivity index (χ4v) is 2.45. The minimum absolute atomic E-state index is 0.134. The van der Waals surface area contributed by atoms with Crippen molar-refractivity contribution in [1.82, 2.24) is 5.32 Å². The minimum Gasteiger partial charge on any atom is -0.394 e. The van der Waals surface area contributed by atoms with E-state index < -0.39 is 43.4 Å². The summed E-state index contributed by atoms with van der Waals surface area (Å²) >= 11 is 0. The number of rotatable bonds is 8. The quantitative estimate of drug-likeness (QED) is 0.318. The Labute approximate surface area is 140 Å². The first-order valence-electron chi connectivity index (χ1n) is 7.87. The van der Waals surface area contributed by atoms with Gasteiger partial charge in [-0.2, -0.15) is 0 Å². The van der Waals surface area contributed by atoms with Crippen LogP contribution in [0.3, 0.4) is 0 Å². The summed E-state index contributed by atoms with van der Waals surface area (Å²) in [5.74, 6) is 0. The molecule has 1 heterocycles. The molecular formula is C16H25NO7. The second-order valence-corrected chi connectivity index (χ2v) is 5.80. The number of benzene rings is 1. The first-order chi connectivity index (χ1) is 11.5. The van der Waals surface area contributed by atoms with E-state index in [0.717, 1.165) is 5.56 Å². The molecular weight excluding hydrogens is 318 g/mol. The maximum absolute atomic E-state index is 9.90. The largest absolute Gasteiger partial charge is 0.394 e. The highest BCUT2D eigenvalue weighted by Crippen LogP contribution is 2.21. The highest BCUT2D eigenvalue weighted by Gasteiger charge is 2.44. The van der Waals surface area contributed by atoms with E-state index in [4.69, 9.17) is 14.6 Å². The van der Waals surface area contributed by atoms with E-state index in [2.05, 4.69) is 5.32 Å². The smallest absolute Gasteiger partial charge is 0.186 e. The van der Waals surface area contributed by atoms with Gasteiger partial charge in [0.05, 0.1) is 19.3 Å². The zero-order valence-electron chi connectivity index (χ0n) is 13.2. The molecule has 6 N–H and O–H groups in total. The van der Waals surface area contributed by atoms with Gasteiger partial charge in [-0.1, -0.05) is 30.3 Å². The highest BCUT2D eigenvalue weighted by molar-refractivity contribution is 5.14. The van der Waals surface area contributed by atoms with Crippen LogP contribution < -0.4 is 5.32 Å². The molecule has 24 heavy (non-hydrogen) atoms. The van der Waals surface area contributed by atoms with Gasteiger partial charge in [0.15, 0.2) is 6.29 Å². The molecule has 1 aromatic carbocycles. The molecule has 1 aromatic rings. The van der Waals surface area contributed by atoms with Crippen molar-refractivity contribution in [2.75, 3.05) is 19.8 Å². The summed E-state index contributed by atoms with van der Waals surface area (Å²) in [4.78, 5) is 0. The van der Waals surface area contributed by atoms with Crippen LogP contribution in [-0.4, -0.2) is 82.1 Å². The molecule has 0 aliphatic carbocycles. The first-order valence-corrected chi connectivity index (χ1v) is 7.87. The molecule has 0 aromatic heterocycles. The minimum atomic E-state index is -1.49. The van der Waals surface area contributed by atoms with Crippen molar-refractivity contribution in [3.05, 3.63) is 35.9 Å². The molecule has 1 saturated heterocycles. The van der Waals surface area contributed by atoms with Gasteiger partial charge in [0.1, 0.15) is 24.4 Å². The second kappa shape index (κ2) is 9.40. The topological polar surface area (TPSA) is 132 Å². The summed E-state index contributed by atoms with van der Waals surface area (Å²) in [5, 5.41) is 51.2. The predicted molar refractivity (Wildman–Crippen MR) is 83.9 cm³/mol. The number of hydrogen-bond acceptors (Lipinski definition) is 8. The Bertz CT molecular complexity index is 473. The molecule has 0 saturated carbocycles. The van der Waals surface area contributed by atoms with Crippen LogP contribution in [-0.2, 0) is 16.0 Å². The van der Waals surface area contributed by atoms with E-state index in [9.17, 15) is 20.4 Å². The predicted octanol–water partition coefficient (Wildman–Crippen LogP) is -2.05. The Morgan fingerprint density at radius 3 is 2.46 bits per heavy atom. The van der Waals surface area contributed by atoms with Crippen molar-refractivity contribution >= 4 is 0 Å². The Hall–Kier alpha value is -1.10. The molecule has 2 rings (SSSR count). The first kappa shape index (κ1) is 19.2. The lowest BCUT2D eigenvalue weighted by atomic mass is 9.99. The van der Waals surface area contributed by atoms with Crippen molar-refractivity contribution in [3.8, 4) is 0 Å². The van der Waals surface area contributed by atoms with E-state index in [1.807, 2.05) is 30.3 Å². The van der Waals surface area contributed by atoms with Crippen LogP contribution >= 0.6 is 0 Å². The van der Waals surface area contributed by atoms with Gasteiger partial charge in [-0.15, -0.1) is 0 Å². The maximum Gasteiger partial charge on any atom is 0.186 e. The summed E-state index contributed by atoms with van der Waals surface area (Å²) in [5.41, 5.74) is 1.08. The molecule has 8 nitrogen and oxygen atoms in total. The summed E-state index contributed by atoms with van der Waals surface area (Å²) in [6.07, 6.45) is -7.49. The SMILES string of the molecule is OC[C@H]1OC(OCC(O)CNCc2ccccc2)[C@H](O)[C@@H](O)[C@@H]1O. The molecule has 0 spiro atoms. The van der Waals surface area contributed by atoms with Gasteiger partial charge in [-0.3, -0.25) is 0 Å². The molecule has 0 radical (unpaired) electrons. The van der Waals surface area contributed by atoms with Crippen LogP contribution in [0.25, 0.3) is 0 Å². The van der Waals surface area contributed by atoms with Crippen molar-refractivity contribution in [2.24, 2.45) is 0 Å². The standard InChI is InChI=1S/C16H25NO7/c18-8-12-13(20)14(21)15(22)16(24-12)23-9-11(19)7-17-6-10-4-2-1-3-5-10/h1-5,11-22H,6-9H2/t11?,12-,13-,14+,15-,16?/m1/s1. The fourth-order valence-electron chi connectivity index (χ4n) is 2.45.